The molecule has 0 atom stereocenters. The van der Waals surface area contributed by atoms with Gasteiger partial charge in [-0.25, -0.2) is 9.78 Å². The van der Waals surface area contributed by atoms with Gasteiger partial charge in [0.15, 0.2) is 0 Å². The summed E-state index contributed by atoms with van der Waals surface area (Å²) in [5.74, 6) is 2.08. The zero-order valence-electron chi connectivity index (χ0n) is 25.0. The average Bonchev–Trinajstić information content (AvgIpc) is 3.40. The lowest BCUT2D eigenvalue weighted by molar-refractivity contribution is 0.0697. The summed E-state index contributed by atoms with van der Waals surface area (Å²) in [5, 5.41) is 9.51. The van der Waals surface area contributed by atoms with Crippen LogP contribution >= 0.6 is 0 Å². The van der Waals surface area contributed by atoms with E-state index in [1.165, 1.54) is 24.8 Å². The van der Waals surface area contributed by atoms with E-state index >= 15 is 0 Å². The molecule has 6 heteroatoms. The summed E-state index contributed by atoms with van der Waals surface area (Å²) in [6.45, 7) is 7.12. The first-order valence-electron chi connectivity index (χ1n) is 15.1. The molecule has 0 spiro atoms. The fraction of sp³-hybridized carbons (Fsp3) is 0.297. The van der Waals surface area contributed by atoms with Crippen molar-refractivity contribution < 1.29 is 19.4 Å². The number of nitrogens with zero attached hydrogens (tertiary/aromatic N) is 2. The second kappa shape index (κ2) is 12.0. The van der Waals surface area contributed by atoms with E-state index in [0.717, 1.165) is 41.1 Å². The minimum atomic E-state index is -0.943. The summed E-state index contributed by atoms with van der Waals surface area (Å²) in [5.41, 5.74) is 5.46. The Bertz CT molecular complexity index is 1720. The zero-order chi connectivity index (χ0) is 30.0. The van der Waals surface area contributed by atoms with Crippen molar-refractivity contribution in [3.63, 3.8) is 0 Å². The van der Waals surface area contributed by atoms with Gasteiger partial charge in [0.05, 0.1) is 16.6 Å². The summed E-state index contributed by atoms with van der Waals surface area (Å²) in [6.07, 6.45) is 5.83. The average molecular weight is 575 g/mol. The summed E-state index contributed by atoms with van der Waals surface area (Å²) in [7, 11) is 0. The molecule has 1 aliphatic carbocycles. The van der Waals surface area contributed by atoms with Crippen LogP contribution in [0.1, 0.15) is 80.4 Å². The molecule has 0 unspecified atom stereocenters. The van der Waals surface area contributed by atoms with Crippen LogP contribution in [-0.2, 0) is 12.0 Å². The summed E-state index contributed by atoms with van der Waals surface area (Å²) >= 11 is 0. The summed E-state index contributed by atoms with van der Waals surface area (Å²) in [6, 6.07) is 29.8. The van der Waals surface area contributed by atoms with Crippen molar-refractivity contribution in [3.8, 4) is 28.6 Å². The van der Waals surface area contributed by atoms with Crippen LogP contribution in [0.5, 0.6) is 17.2 Å². The van der Waals surface area contributed by atoms with Gasteiger partial charge in [0.1, 0.15) is 29.7 Å². The summed E-state index contributed by atoms with van der Waals surface area (Å²) in [4.78, 5) is 16.5. The van der Waals surface area contributed by atoms with Crippen LogP contribution in [0.25, 0.3) is 22.4 Å². The molecular weight excluding hydrogens is 536 g/mol. The first kappa shape index (κ1) is 28.5. The second-order valence-corrected chi connectivity index (χ2v) is 12.4. The lowest BCUT2D eigenvalue weighted by atomic mass is 9.87. The third-order valence-corrected chi connectivity index (χ3v) is 8.26. The first-order valence-corrected chi connectivity index (χ1v) is 15.1. The molecule has 6 nitrogen and oxygen atoms in total. The van der Waals surface area contributed by atoms with Crippen molar-refractivity contribution >= 4 is 17.0 Å². The minimum absolute atomic E-state index is 0.125. The third-order valence-electron chi connectivity index (χ3n) is 8.26. The third kappa shape index (κ3) is 6.43. The molecule has 220 valence electrons. The van der Waals surface area contributed by atoms with Gasteiger partial charge in [-0.05, 0) is 84.0 Å². The van der Waals surface area contributed by atoms with Crippen LogP contribution in [-0.4, -0.2) is 20.6 Å². The maximum Gasteiger partial charge on any atom is 0.335 e. The molecule has 0 aliphatic heterocycles. The molecule has 0 saturated heterocycles. The lowest BCUT2D eigenvalue weighted by Gasteiger charge is -2.25. The highest BCUT2D eigenvalue weighted by Gasteiger charge is 2.23. The Morgan fingerprint density at radius 1 is 0.860 bits per heavy atom. The molecule has 1 N–H and O–H groups in total. The number of rotatable bonds is 8. The Morgan fingerprint density at radius 3 is 2.28 bits per heavy atom. The van der Waals surface area contributed by atoms with Crippen LogP contribution in [0.4, 0.5) is 0 Å². The predicted molar refractivity (Wildman–Crippen MR) is 170 cm³/mol. The zero-order valence-corrected chi connectivity index (χ0v) is 25.0. The maximum absolute atomic E-state index is 11.6. The van der Waals surface area contributed by atoms with E-state index in [2.05, 4.69) is 49.6 Å². The Labute approximate surface area is 252 Å². The fourth-order valence-electron chi connectivity index (χ4n) is 5.85. The van der Waals surface area contributed by atoms with E-state index in [9.17, 15) is 9.90 Å². The molecule has 1 fully saturated rings. The van der Waals surface area contributed by atoms with Crippen molar-refractivity contribution in [2.75, 3.05) is 0 Å². The predicted octanol–water partition coefficient (Wildman–Crippen LogP) is 9.58. The SMILES string of the molecule is CC(C)(C)c1ccc(COc2cccc(Oc3ccc(-c4nc5cc(C(=O)O)ccc5n4C4CCCCC4)cc3)c2)cc1. The van der Waals surface area contributed by atoms with Gasteiger partial charge in [-0.3, -0.25) is 0 Å². The number of aromatic nitrogens is 2. The Morgan fingerprint density at radius 2 is 1.58 bits per heavy atom. The highest BCUT2D eigenvalue weighted by Crippen LogP contribution is 2.37. The Balaban J connectivity index is 1.19. The van der Waals surface area contributed by atoms with Gasteiger partial charge < -0.3 is 19.1 Å². The topological polar surface area (TPSA) is 73.6 Å². The van der Waals surface area contributed by atoms with Gasteiger partial charge in [-0.15, -0.1) is 0 Å². The standard InChI is InChI=1S/C37H38N2O4/c1-37(2,3)28-17-12-25(13-18-28)24-42-31-10-7-11-32(23-31)43-30-19-14-26(15-20-30)35-38-33-22-27(36(40)41)16-21-34(33)39(35)29-8-5-4-6-9-29/h7,10-23,29H,4-6,8-9,24H2,1-3H3,(H,40,41). The molecule has 4 aromatic carbocycles. The fourth-order valence-corrected chi connectivity index (χ4v) is 5.85. The lowest BCUT2D eigenvalue weighted by Crippen LogP contribution is -2.14. The van der Waals surface area contributed by atoms with Crippen molar-refractivity contribution in [1.82, 2.24) is 9.55 Å². The Kier molecular flexibility index (Phi) is 7.94. The molecule has 1 heterocycles. The quantitative estimate of drug-likeness (QED) is 0.200. The van der Waals surface area contributed by atoms with Gasteiger partial charge in [0.25, 0.3) is 0 Å². The number of hydrogen-bond donors (Lipinski definition) is 1. The van der Waals surface area contributed by atoms with Crippen molar-refractivity contribution in [2.24, 2.45) is 0 Å². The van der Waals surface area contributed by atoms with Crippen molar-refractivity contribution in [3.05, 3.63) is 108 Å². The van der Waals surface area contributed by atoms with Gasteiger partial charge in [-0.1, -0.05) is 70.4 Å². The highest BCUT2D eigenvalue weighted by atomic mass is 16.5. The highest BCUT2D eigenvalue weighted by molar-refractivity contribution is 5.93. The van der Waals surface area contributed by atoms with Crippen LogP contribution in [0.15, 0.2) is 91.0 Å². The van der Waals surface area contributed by atoms with E-state index in [0.29, 0.717) is 29.7 Å². The molecule has 5 aromatic rings. The molecule has 1 saturated carbocycles. The van der Waals surface area contributed by atoms with Gasteiger partial charge in [0.2, 0.25) is 0 Å². The molecule has 0 amide bonds. The van der Waals surface area contributed by atoms with Crippen LogP contribution in [0.3, 0.4) is 0 Å². The molecule has 0 bridgehead atoms. The number of aromatic carboxylic acids is 1. The number of ether oxygens (including phenoxy) is 2. The number of carboxylic acid groups (broad SMARTS) is 1. The molecule has 0 radical (unpaired) electrons. The van der Waals surface area contributed by atoms with E-state index in [1.54, 1.807) is 12.1 Å². The van der Waals surface area contributed by atoms with E-state index in [4.69, 9.17) is 14.5 Å². The molecule has 1 aromatic heterocycles. The minimum Gasteiger partial charge on any atom is -0.489 e. The number of carbonyl (C=O) groups is 1. The smallest absolute Gasteiger partial charge is 0.335 e. The van der Waals surface area contributed by atoms with Crippen molar-refractivity contribution in [2.45, 2.75) is 70.9 Å². The number of hydrogen-bond acceptors (Lipinski definition) is 4. The Hall–Kier alpha value is -4.58. The number of imidazole rings is 1. The van der Waals surface area contributed by atoms with E-state index in [-0.39, 0.29) is 11.0 Å². The largest absolute Gasteiger partial charge is 0.489 e. The monoisotopic (exact) mass is 574 g/mol. The van der Waals surface area contributed by atoms with E-state index < -0.39 is 5.97 Å². The van der Waals surface area contributed by atoms with Crippen LogP contribution in [0.2, 0.25) is 0 Å². The van der Waals surface area contributed by atoms with Gasteiger partial charge in [-0.2, -0.15) is 0 Å². The normalized spacial score (nSPS) is 14.1. The first-order chi connectivity index (χ1) is 20.7. The molecule has 6 rings (SSSR count). The molecule has 1 aliphatic rings. The maximum atomic E-state index is 11.6. The van der Waals surface area contributed by atoms with E-state index in [1.807, 2.05) is 54.6 Å². The van der Waals surface area contributed by atoms with Gasteiger partial charge >= 0.3 is 5.97 Å². The summed E-state index contributed by atoms with van der Waals surface area (Å²) < 4.78 is 14.6. The number of fused-ring (bicyclic) bond motifs is 1. The van der Waals surface area contributed by atoms with Gasteiger partial charge in [0, 0.05) is 17.7 Å². The number of benzene rings is 4. The molecule has 43 heavy (non-hydrogen) atoms. The van der Waals surface area contributed by atoms with Crippen LogP contribution < -0.4 is 9.47 Å². The van der Waals surface area contributed by atoms with Crippen molar-refractivity contribution in [1.29, 1.82) is 0 Å². The number of carboxylic acids is 1. The molecular formula is C37H38N2O4. The van der Waals surface area contributed by atoms with Crippen LogP contribution in [0, 0.1) is 0 Å². The second-order valence-electron chi connectivity index (χ2n) is 12.4.